The lowest BCUT2D eigenvalue weighted by molar-refractivity contribution is -0.133. The molecule has 1 saturated carbocycles. The van der Waals surface area contributed by atoms with E-state index in [1.807, 2.05) is 27.9 Å². The van der Waals surface area contributed by atoms with Gasteiger partial charge in [-0.3, -0.25) is 14.4 Å². The molecule has 0 radical (unpaired) electrons. The van der Waals surface area contributed by atoms with Crippen LogP contribution in [0.5, 0.6) is 0 Å². The van der Waals surface area contributed by atoms with Gasteiger partial charge in [0.1, 0.15) is 28.8 Å². The largest absolute Gasteiger partial charge is 0.399 e. The first-order valence-electron chi connectivity index (χ1n) is 20.8. The number of amides is 1. The Balaban J connectivity index is 0.873. The molecule has 0 spiro atoms. The summed E-state index contributed by atoms with van der Waals surface area (Å²) in [4.78, 5) is 28.7. The molecule has 4 aromatic heterocycles. The number of fused-ring (bicyclic) bond motifs is 1. The molecule has 4 aliphatic rings. The molecule has 4 fully saturated rings. The third-order valence-electron chi connectivity index (χ3n) is 13.4. The Morgan fingerprint density at radius 1 is 0.949 bits per heavy atom. The Hall–Kier alpha value is -5.69. The van der Waals surface area contributed by atoms with Crippen molar-refractivity contribution < 1.29 is 18.0 Å². The van der Waals surface area contributed by atoms with E-state index in [-0.39, 0.29) is 35.2 Å². The second-order valence-corrected chi connectivity index (χ2v) is 16.7. The van der Waals surface area contributed by atoms with Crippen molar-refractivity contribution in [2.75, 3.05) is 54.8 Å². The molecule has 1 aromatic carbocycles. The van der Waals surface area contributed by atoms with Crippen LogP contribution in [0.4, 0.5) is 30.4 Å². The number of piperidine rings is 3. The fourth-order valence-electron chi connectivity index (χ4n) is 9.44. The summed E-state index contributed by atoms with van der Waals surface area (Å²) in [5, 5.41) is 22.4. The molecule has 1 amide bonds. The zero-order valence-electron chi connectivity index (χ0n) is 33.2. The SMILES string of the molecule is CCC1(C(=O)NC2CCC2)CCN(c2ccc(-c3nc(-c4cnn(C5CCN([C@@H]6CCN(c7ccc(N)cc7F)CC6(F)F)CC5)c4)cn4ncc(C#N)c34)cn2)CC1. The number of likely N-dealkylation sites (tertiary alicyclic amines) is 1. The average molecular weight is 807 g/mol. The topological polar surface area (TPSA) is 150 Å². The van der Waals surface area contributed by atoms with Crippen molar-refractivity contribution in [3.63, 3.8) is 0 Å². The monoisotopic (exact) mass is 806 g/mol. The first kappa shape index (κ1) is 38.8. The third-order valence-corrected chi connectivity index (χ3v) is 13.4. The van der Waals surface area contributed by atoms with Gasteiger partial charge in [-0.1, -0.05) is 6.92 Å². The van der Waals surface area contributed by atoms with Crippen molar-refractivity contribution in [3.8, 4) is 28.6 Å². The Kier molecular flexibility index (Phi) is 10.2. The van der Waals surface area contributed by atoms with Gasteiger partial charge in [-0.05, 0) is 88.1 Å². The van der Waals surface area contributed by atoms with E-state index < -0.39 is 24.3 Å². The summed E-state index contributed by atoms with van der Waals surface area (Å²) < 4.78 is 49.4. The number of hydrogen-bond acceptors (Lipinski definition) is 10. The number of pyridine rings is 1. The number of rotatable bonds is 9. The maximum absolute atomic E-state index is 15.6. The van der Waals surface area contributed by atoms with Crippen LogP contribution in [-0.2, 0) is 4.79 Å². The molecule has 59 heavy (non-hydrogen) atoms. The molecule has 308 valence electrons. The van der Waals surface area contributed by atoms with Crippen molar-refractivity contribution in [2.45, 2.75) is 88.8 Å². The van der Waals surface area contributed by atoms with E-state index in [0.717, 1.165) is 62.1 Å². The highest BCUT2D eigenvalue weighted by atomic mass is 19.3. The van der Waals surface area contributed by atoms with Gasteiger partial charge in [-0.15, -0.1) is 0 Å². The predicted octanol–water partition coefficient (Wildman–Crippen LogP) is 6.46. The van der Waals surface area contributed by atoms with Gasteiger partial charge in [-0.2, -0.15) is 15.5 Å². The fraction of sp³-hybridized carbons (Fsp3) is 0.488. The standard InChI is InChI=1S/C43H49F3N12O/c1-2-42(41(59)52-32-4-3-5-32)13-18-55(19-14-42)38-9-6-28(22-49-38)39-40-29(21-47)23-51-58(40)26-35(53-39)30-24-50-57(25-30)33-10-15-54(16-11-33)37-12-17-56(27-43(37,45)46)36-8-7-31(48)20-34(36)44/h6-9,20,22-26,32-33,37H,2-5,10-19,27,48H2,1H3,(H,52,59)/t37-/m1/s1. The summed E-state index contributed by atoms with van der Waals surface area (Å²) >= 11 is 0. The van der Waals surface area contributed by atoms with E-state index in [0.29, 0.717) is 61.0 Å². The predicted molar refractivity (Wildman–Crippen MR) is 218 cm³/mol. The number of halogens is 3. The first-order valence-corrected chi connectivity index (χ1v) is 20.8. The number of nitrogens with zero attached hydrogens (tertiary/aromatic N) is 10. The molecule has 0 unspecified atom stereocenters. The van der Waals surface area contributed by atoms with Crippen LogP contribution in [0.1, 0.15) is 76.3 Å². The molecule has 3 aliphatic heterocycles. The average Bonchev–Trinajstić information content (AvgIpc) is 3.90. The van der Waals surface area contributed by atoms with Crippen LogP contribution in [0, 0.1) is 22.6 Å². The number of benzene rings is 1. The number of carbonyl (C=O) groups excluding carboxylic acids is 1. The number of nitriles is 1. The molecular formula is C43H49F3N12O. The highest BCUT2D eigenvalue weighted by Gasteiger charge is 2.48. The van der Waals surface area contributed by atoms with Crippen LogP contribution in [0.15, 0.2) is 61.3 Å². The van der Waals surface area contributed by atoms with Crippen LogP contribution < -0.4 is 20.9 Å². The number of nitrogen functional groups attached to an aromatic ring is 1. The maximum Gasteiger partial charge on any atom is 0.280 e. The molecule has 13 nitrogen and oxygen atoms in total. The van der Waals surface area contributed by atoms with E-state index in [1.54, 1.807) is 23.1 Å². The van der Waals surface area contributed by atoms with Gasteiger partial charge in [0.05, 0.1) is 59.7 Å². The van der Waals surface area contributed by atoms with Crippen molar-refractivity contribution in [1.82, 2.24) is 39.6 Å². The van der Waals surface area contributed by atoms with E-state index in [1.165, 1.54) is 35.7 Å². The molecule has 3 saturated heterocycles. The molecule has 0 bridgehead atoms. The molecular weight excluding hydrogens is 758 g/mol. The van der Waals surface area contributed by atoms with E-state index >= 15 is 8.78 Å². The summed E-state index contributed by atoms with van der Waals surface area (Å²) in [6, 6.07) is 9.77. The number of alkyl halides is 2. The number of hydrogen-bond donors (Lipinski definition) is 2. The fourth-order valence-corrected chi connectivity index (χ4v) is 9.44. The van der Waals surface area contributed by atoms with Crippen molar-refractivity contribution in [2.24, 2.45) is 5.41 Å². The van der Waals surface area contributed by atoms with E-state index in [2.05, 4.69) is 33.4 Å². The molecule has 1 atom stereocenters. The second kappa shape index (κ2) is 15.5. The van der Waals surface area contributed by atoms with Gasteiger partial charge in [-0.25, -0.2) is 27.7 Å². The van der Waals surface area contributed by atoms with Gasteiger partial charge in [0.2, 0.25) is 5.91 Å². The molecule has 5 aromatic rings. The van der Waals surface area contributed by atoms with Crippen LogP contribution >= 0.6 is 0 Å². The minimum absolute atomic E-state index is 0.0156. The zero-order chi connectivity index (χ0) is 40.9. The normalized spacial score (nSPS) is 21.3. The Morgan fingerprint density at radius 3 is 2.41 bits per heavy atom. The summed E-state index contributed by atoms with van der Waals surface area (Å²) in [6.07, 6.45) is 16.0. The summed E-state index contributed by atoms with van der Waals surface area (Å²) in [5.74, 6) is -2.59. The van der Waals surface area contributed by atoms with Crippen LogP contribution in [-0.4, -0.2) is 97.4 Å². The lowest BCUT2D eigenvalue weighted by atomic mass is 9.74. The number of nitrogens with one attached hydrogen (secondary N) is 1. The Labute approximate surface area is 341 Å². The van der Waals surface area contributed by atoms with Crippen molar-refractivity contribution in [3.05, 3.63) is 72.7 Å². The van der Waals surface area contributed by atoms with Gasteiger partial charge in [0.25, 0.3) is 5.92 Å². The lowest BCUT2D eigenvalue weighted by Gasteiger charge is -2.46. The summed E-state index contributed by atoms with van der Waals surface area (Å²) in [6.45, 7) is 4.34. The zero-order valence-corrected chi connectivity index (χ0v) is 33.2. The first-order chi connectivity index (χ1) is 28.5. The summed E-state index contributed by atoms with van der Waals surface area (Å²) in [7, 11) is 0. The van der Waals surface area contributed by atoms with Gasteiger partial charge >= 0.3 is 0 Å². The quantitative estimate of drug-likeness (QED) is 0.159. The molecule has 9 rings (SSSR count). The van der Waals surface area contributed by atoms with Crippen LogP contribution in [0.25, 0.3) is 28.0 Å². The maximum atomic E-state index is 15.6. The van der Waals surface area contributed by atoms with Gasteiger partial charge < -0.3 is 20.9 Å². The molecule has 3 N–H and O–H groups in total. The smallest absolute Gasteiger partial charge is 0.280 e. The lowest BCUT2D eigenvalue weighted by Crippen LogP contribution is -2.59. The van der Waals surface area contributed by atoms with Crippen LogP contribution in [0.3, 0.4) is 0 Å². The molecule has 7 heterocycles. The Morgan fingerprint density at radius 2 is 1.75 bits per heavy atom. The van der Waals surface area contributed by atoms with Crippen molar-refractivity contribution in [1.29, 1.82) is 5.26 Å². The number of aromatic nitrogens is 6. The second-order valence-electron chi connectivity index (χ2n) is 16.7. The third kappa shape index (κ3) is 7.34. The Bertz CT molecular complexity index is 2370. The number of carbonyl (C=O) groups is 1. The molecule has 16 heteroatoms. The number of nitrogens with two attached hydrogens (primary N) is 1. The highest BCUT2D eigenvalue weighted by Crippen LogP contribution is 2.39. The minimum Gasteiger partial charge on any atom is -0.399 e. The number of anilines is 3. The van der Waals surface area contributed by atoms with E-state index in [4.69, 9.17) is 15.7 Å². The summed E-state index contributed by atoms with van der Waals surface area (Å²) in [5.41, 5.74) is 9.39. The van der Waals surface area contributed by atoms with Gasteiger partial charge in [0, 0.05) is 68.0 Å². The van der Waals surface area contributed by atoms with Gasteiger partial charge in [0.15, 0.2) is 0 Å². The minimum atomic E-state index is -3.02. The van der Waals surface area contributed by atoms with Crippen molar-refractivity contribution >= 4 is 28.6 Å². The molecule has 1 aliphatic carbocycles. The highest BCUT2D eigenvalue weighted by molar-refractivity contribution is 5.84. The van der Waals surface area contributed by atoms with E-state index in [9.17, 15) is 14.4 Å². The van der Waals surface area contributed by atoms with Crippen LogP contribution in [0.2, 0.25) is 0 Å².